The van der Waals surface area contributed by atoms with Crippen molar-refractivity contribution in [2.45, 2.75) is 25.7 Å². The Balaban J connectivity index is 1.62. The molecule has 0 aromatic carbocycles. The third-order valence-electron chi connectivity index (χ3n) is 3.23. The number of carbonyl (C=O) groups is 1. The quantitative estimate of drug-likeness (QED) is 0.842. The average Bonchev–Trinajstić information content (AvgIpc) is 2.97. The summed E-state index contributed by atoms with van der Waals surface area (Å²) in [4.78, 5) is 17.8. The second-order valence-electron chi connectivity index (χ2n) is 4.68. The number of rotatable bonds is 4. The van der Waals surface area contributed by atoms with Gasteiger partial charge < -0.3 is 13.8 Å². The van der Waals surface area contributed by atoms with Crippen LogP contribution in [-0.2, 0) is 4.79 Å². The normalized spacial score (nSPS) is 15.5. The number of hydrogen-bond donors (Lipinski definition) is 0. The molecule has 19 heavy (non-hydrogen) atoms. The van der Waals surface area contributed by atoms with Crippen LogP contribution in [0.4, 0.5) is 0 Å². The van der Waals surface area contributed by atoms with E-state index >= 15 is 0 Å². The summed E-state index contributed by atoms with van der Waals surface area (Å²) < 4.78 is 10.4. The smallest absolute Gasteiger partial charge is 0.238 e. The average molecular weight is 261 g/mol. The number of hydrogen-bond acceptors (Lipinski definition) is 5. The maximum Gasteiger partial charge on any atom is 0.238 e. The molecule has 0 N–H and O–H groups in total. The Hall–Kier alpha value is -2.11. The van der Waals surface area contributed by atoms with Gasteiger partial charge in [0.05, 0.1) is 12.2 Å². The van der Waals surface area contributed by atoms with E-state index in [0.717, 1.165) is 6.42 Å². The standard InChI is InChI=1S/C13H15N3O3/c1-2-4-11(17)16-7-9(8-16)13-14-12(15-19-13)10-5-3-6-18-10/h3,5-6,9H,2,4,7-8H2,1H3. The summed E-state index contributed by atoms with van der Waals surface area (Å²) in [5, 5.41) is 3.88. The molecule has 1 aliphatic heterocycles. The highest BCUT2D eigenvalue weighted by Gasteiger charge is 2.35. The van der Waals surface area contributed by atoms with Crippen molar-refractivity contribution in [3.05, 3.63) is 24.3 Å². The molecule has 2 aromatic heterocycles. The van der Waals surface area contributed by atoms with E-state index < -0.39 is 0 Å². The Morgan fingerprint density at radius 3 is 3.05 bits per heavy atom. The fourth-order valence-electron chi connectivity index (χ4n) is 2.12. The summed E-state index contributed by atoms with van der Waals surface area (Å²) in [7, 11) is 0. The van der Waals surface area contributed by atoms with Crippen molar-refractivity contribution >= 4 is 5.91 Å². The summed E-state index contributed by atoms with van der Waals surface area (Å²) in [5.74, 6) is 1.97. The molecule has 0 aliphatic carbocycles. The second-order valence-corrected chi connectivity index (χ2v) is 4.68. The SMILES string of the molecule is CCCC(=O)N1CC(c2nc(-c3ccco3)no2)C1. The first kappa shape index (κ1) is 12.0. The third kappa shape index (κ3) is 2.25. The molecule has 3 rings (SSSR count). The Kier molecular flexibility index (Phi) is 3.06. The molecule has 1 aliphatic rings. The van der Waals surface area contributed by atoms with Gasteiger partial charge in [0, 0.05) is 19.5 Å². The summed E-state index contributed by atoms with van der Waals surface area (Å²) in [6.45, 7) is 3.33. The van der Waals surface area contributed by atoms with Crippen LogP contribution in [0, 0.1) is 0 Å². The van der Waals surface area contributed by atoms with Crippen molar-refractivity contribution in [1.82, 2.24) is 15.0 Å². The van der Waals surface area contributed by atoms with Gasteiger partial charge in [-0.05, 0) is 18.6 Å². The van der Waals surface area contributed by atoms with Gasteiger partial charge in [-0.3, -0.25) is 4.79 Å². The Morgan fingerprint density at radius 2 is 2.37 bits per heavy atom. The molecule has 1 saturated heterocycles. The minimum Gasteiger partial charge on any atom is -0.461 e. The lowest BCUT2D eigenvalue weighted by molar-refractivity contribution is -0.136. The fraction of sp³-hybridized carbons (Fsp3) is 0.462. The number of carbonyl (C=O) groups excluding carboxylic acids is 1. The van der Waals surface area contributed by atoms with E-state index in [1.807, 2.05) is 11.8 Å². The van der Waals surface area contributed by atoms with Gasteiger partial charge in [-0.15, -0.1) is 0 Å². The zero-order chi connectivity index (χ0) is 13.2. The van der Waals surface area contributed by atoms with Crippen LogP contribution in [0.2, 0.25) is 0 Å². The highest BCUT2D eigenvalue weighted by atomic mass is 16.5. The summed E-state index contributed by atoms with van der Waals surface area (Å²) in [6.07, 6.45) is 3.05. The number of aromatic nitrogens is 2. The molecule has 0 saturated carbocycles. The van der Waals surface area contributed by atoms with Gasteiger partial charge in [-0.1, -0.05) is 12.1 Å². The number of furan rings is 1. The van der Waals surface area contributed by atoms with Gasteiger partial charge in [-0.2, -0.15) is 4.98 Å². The zero-order valence-corrected chi connectivity index (χ0v) is 10.7. The molecule has 0 bridgehead atoms. The van der Waals surface area contributed by atoms with Crippen LogP contribution >= 0.6 is 0 Å². The van der Waals surface area contributed by atoms with Gasteiger partial charge >= 0.3 is 0 Å². The van der Waals surface area contributed by atoms with E-state index in [0.29, 0.717) is 37.0 Å². The topological polar surface area (TPSA) is 72.4 Å². The number of nitrogens with zero attached hydrogens (tertiary/aromatic N) is 3. The largest absolute Gasteiger partial charge is 0.461 e. The van der Waals surface area contributed by atoms with Crippen LogP contribution in [0.15, 0.2) is 27.3 Å². The van der Waals surface area contributed by atoms with E-state index in [1.54, 1.807) is 18.4 Å². The van der Waals surface area contributed by atoms with E-state index in [1.165, 1.54) is 0 Å². The van der Waals surface area contributed by atoms with Crippen molar-refractivity contribution in [2.75, 3.05) is 13.1 Å². The summed E-state index contributed by atoms with van der Waals surface area (Å²) in [5.41, 5.74) is 0. The molecule has 2 aromatic rings. The molecular weight excluding hydrogens is 246 g/mol. The van der Waals surface area contributed by atoms with Gasteiger partial charge in [-0.25, -0.2) is 0 Å². The van der Waals surface area contributed by atoms with E-state index in [9.17, 15) is 4.79 Å². The highest BCUT2D eigenvalue weighted by Crippen LogP contribution is 2.28. The Bertz CT molecular complexity index is 555. The molecule has 0 unspecified atom stereocenters. The Morgan fingerprint density at radius 1 is 1.53 bits per heavy atom. The lowest BCUT2D eigenvalue weighted by Crippen LogP contribution is -2.48. The molecule has 3 heterocycles. The van der Waals surface area contributed by atoms with Gasteiger partial charge in [0.25, 0.3) is 0 Å². The summed E-state index contributed by atoms with van der Waals surface area (Å²) >= 11 is 0. The number of amides is 1. The van der Waals surface area contributed by atoms with Crippen LogP contribution in [-0.4, -0.2) is 34.0 Å². The Labute approximate surface area is 110 Å². The monoisotopic (exact) mass is 261 g/mol. The first-order valence-corrected chi connectivity index (χ1v) is 6.43. The van der Waals surface area contributed by atoms with Crippen LogP contribution < -0.4 is 0 Å². The molecule has 100 valence electrons. The number of likely N-dealkylation sites (tertiary alicyclic amines) is 1. The van der Waals surface area contributed by atoms with Gasteiger partial charge in [0.1, 0.15) is 0 Å². The van der Waals surface area contributed by atoms with E-state index in [2.05, 4.69) is 10.1 Å². The minimum atomic E-state index is 0.150. The van der Waals surface area contributed by atoms with Crippen molar-refractivity contribution < 1.29 is 13.7 Å². The van der Waals surface area contributed by atoms with E-state index in [4.69, 9.17) is 8.94 Å². The van der Waals surface area contributed by atoms with Crippen LogP contribution in [0.1, 0.15) is 31.6 Å². The predicted octanol–water partition coefficient (Wildman–Crippen LogP) is 2.06. The maximum atomic E-state index is 11.6. The van der Waals surface area contributed by atoms with Crippen LogP contribution in [0.25, 0.3) is 11.6 Å². The molecule has 6 nitrogen and oxygen atoms in total. The predicted molar refractivity (Wildman–Crippen MR) is 66.2 cm³/mol. The van der Waals surface area contributed by atoms with Crippen molar-refractivity contribution in [2.24, 2.45) is 0 Å². The van der Waals surface area contributed by atoms with Gasteiger partial charge in [0.15, 0.2) is 5.76 Å². The fourth-order valence-corrected chi connectivity index (χ4v) is 2.12. The molecule has 6 heteroatoms. The molecule has 0 atom stereocenters. The molecular formula is C13H15N3O3. The molecule has 1 amide bonds. The first-order valence-electron chi connectivity index (χ1n) is 6.43. The lowest BCUT2D eigenvalue weighted by Gasteiger charge is -2.37. The van der Waals surface area contributed by atoms with Crippen molar-refractivity contribution in [3.8, 4) is 11.6 Å². The lowest BCUT2D eigenvalue weighted by atomic mass is 9.99. The van der Waals surface area contributed by atoms with Gasteiger partial charge in [0.2, 0.25) is 17.6 Å². The maximum absolute atomic E-state index is 11.6. The highest BCUT2D eigenvalue weighted by molar-refractivity contribution is 5.77. The zero-order valence-electron chi connectivity index (χ0n) is 10.7. The van der Waals surface area contributed by atoms with E-state index in [-0.39, 0.29) is 11.8 Å². The molecule has 0 spiro atoms. The van der Waals surface area contributed by atoms with Crippen LogP contribution in [0.3, 0.4) is 0 Å². The first-order chi connectivity index (χ1) is 9.28. The van der Waals surface area contributed by atoms with Crippen LogP contribution in [0.5, 0.6) is 0 Å². The van der Waals surface area contributed by atoms with Crippen molar-refractivity contribution in [3.63, 3.8) is 0 Å². The summed E-state index contributed by atoms with van der Waals surface area (Å²) in [6, 6.07) is 3.56. The minimum absolute atomic E-state index is 0.150. The molecule has 1 fully saturated rings. The molecule has 0 radical (unpaired) electrons. The van der Waals surface area contributed by atoms with Crippen molar-refractivity contribution in [1.29, 1.82) is 0 Å². The third-order valence-corrected chi connectivity index (χ3v) is 3.23. The second kappa shape index (κ2) is 4.87.